The first kappa shape index (κ1) is 16.6. The average molecular weight is 281 g/mol. The van der Waals surface area contributed by atoms with Crippen molar-refractivity contribution >= 4 is 36.5 Å². The van der Waals surface area contributed by atoms with Crippen LogP contribution in [-0.4, -0.2) is 40.2 Å². The molecule has 5 nitrogen and oxygen atoms in total. The van der Waals surface area contributed by atoms with Gasteiger partial charge < -0.3 is 9.84 Å². The van der Waals surface area contributed by atoms with Crippen LogP contribution in [0.5, 0.6) is 0 Å². The average Bonchev–Trinajstić information content (AvgIpc) is 2.14. The lowest BCUT2D eigenvalue weighted by atomic mass is 10.2. The Hall–Kier alpha value is -0.400. The lowest BCUT2D eigenvalue weighted by Gasteiger charge is -2.19. The van der Waals surface area contributed by atoms with Crippen molar-refractivity contribution in [1.82, 2.24) is 4.72 Å². The van der Waals surface area contributed by atoms with Crippen molar-refractivity contribution in [2.24, 2.45) is 0 Å². The van der Waals surface area contributed by atoms with Crippen LogP contribution in [-0.2, 0) is 14.3 Å². The van der Waals surface area contributed by atoms with E-state index in [0.717, 1.165) is 0 Å². The van der Waals surface area contributed by atoms with E-state index in [9.17, 15) is 9.59 Å². The molecule has 2 N–H and O–H groups in total. The summed E-state index contributed by atoms with van der Waals surface area (Å²) in [5, 5.41) is 8.72. The van der Waals surface area contributed by atoms with E-state index in [1.54, 1.807) is 20.8 Å². The van der Waals surface area contributed by atoms with Gasteiger partial charge >= 0.3 is 11.9 Å². The summed E-state index contributed by atoms with van der Waals surface area (Å²) < 4.78 is 7.83. The zero-order valence-corrected chi connectivity index (χ0v) is 11.9. The van der Waals surface area contributed by atoms with Gasteiger partial charge in [0.05, 0.1) is 6.42 Å². The number of rotatable bonds is 7. The first-order valence-corrected chi connectivity index (χ1v) is 6.81. The summed E-state index contributed by atoms with van der Waals surface area (Å²) in [5.41, 5.74) is -0.482. The fourth-order valence-corrected chi connectivity index (χ4v) is 2.00. The molecular weight excluding hydrogens is 262 g/mol. The second-order valence-electron chi connectivity index (χ2n) is 4.38. The van der Waals surface area contributed by atoms with Crippen molar-refractivity contribution in [3.63, 3.8) is 0 Å². The zero-order valence-electron chi connectivity index (χ0n) is 10.2. The third-order valence-corrected chi connectivity index (χ3v) is 2.76. The second kappa shape index (κ2) is 7.84. The summed E-state index contributed by atoms with van der Waals surface area (Å²) in [5.74, 6) is -0.573. The summed E-state index contributed by atoms with van der Waals surface area (Å²) in [6.07, 6.45) is 0.244. The van der Waals surface area contributed by atoms with Gasteiger partial charge in [0.1, 0.15) is 11.6 Å². The molecule has 0 fully saturated rings. The third-order valence-electron chi connectivity index (χ3n) is 1.53. The fraction of sp³-hybridized carbons (Fsp3) is 0.800. The van der Waals surface area contributed by atoms with Gasteiger partial charge in [-0.3, -0.25) is 9.59 Å². The molecular formula is C10H19NO4S2. The van der Waals surface area contributed by atoms with Gasteiger partial charge in [-0.25, -0.2) is 4.72 Å². The van der Waals surface area contributed by atoms with Crippen LogP contribution < -0.4 is 4.72 Å². The lowest BCUT2D eigenvalue weighted by molar-refractivity contribution is -0.154. The molecule has 7 heteroatoms. The third kappa shape index (κ3) is 9.31. The molecule has 0 heterocycles. The van der Waals surface area contributed by atoms with Gasteiger partial charge in [0.25, 0.3) is 0 Å². The van der Waals surface area contributed by atoms with Crippen LogP contribution in [0.25, 0.3) is 0 Å². The highest BCUT2D eigenvalue weighted by molar-refractivity contribution is 7.97. The smallest absolute Gasteiger partial charge is 0.322 e. The van der Waals surface area contributed by atoms with E-state index in [-0.39, 0.29) is 18.1 Å². The predicted molar refractivity (Wildman–Crippen MR) is 71.3 cm³/mol. The van der Waals surface area contributed by atoms with Crippen LogP contribution in [0.4, 0.5) is 0 Å². The Bertz CT molecular complexity index is 266. The highest BCUT2D eigenvalue weighted by Gasteiger charge is 2.17. The van der Waals surface area contributed by atoms with Crippen molar-refractivity contribution in [3.8, 4) is 0 Å². The molecule has 100 valence electrons. The molecule has 0 saturated carbocycles. The Kier molecular flexibility index (Phi) is 7.65. The Labute approximate surface area is 111 Å². The molecule has 0 rings (SSSR count). The number of aliphatic carboxylic acids is 1. The number of hydrogen-bond donors (Lipinski definition) is 3. The number of carbonyl (C=O) groups is 2. The van der Waals surface area contributed by atoms with Crippen LogP contribution in [0.3, 0.4) is 0 Å². The van der Waals surface area contributed by atoms with Crippen molar-refractivity contribution in [3.05, 3.63) is 0 Å². The van der Waals surface area contributed by atoms with Crippen molar-refractivity contribution in [2.75, 3.05) is 11.5 Å². The summed E-state index contributed by atoms with van der Waals surface area (Å²) >= 11 is 5.09. The molecule has 0 amide bonds. The Morgan fingerprint density at radius 3 is 2.47 bits per heavy atom. The number of carbonyl (C=O) groups excluding carboxylic acids is 1. The molecule has 0 aromatic rings. The number of ether oxygens (including phenoxy) is 1. The SMILES string of the molecule is CC(C)(C)OC(=O)CCSN[C@@H](CS)C(=O)O. The second-order valence-corrected chi connectivity index (χ2v) is 5.67. The number of carboxylic acid groups (broad SMARTS) is 1. The predicted octanol–water partition coefficient (Wildman–Crippen LogP) is 1.34. The van der Waals surface area contributed by atoms with Crippen molar-refractivity contribution < 1.29 is 19.4 Å². The van der Waals surface area contributed by atoms with Gasteiger partial charge in [-0.05, 0) is 20.8 Å². The number of carboxylic acids is 1. The van der Waals surface area contributed by atoms with E-state index in [1.807, 2.05) is 0 Å². The molecule has 1 atom stereocenters. The molecule has 0 radical (unpaired) electrons. The Balaban J connectivity index is 3.71. The number of thiol groups is 1. The lowest BCUT2D eigenvalue weighted by Crippen LogP contribution is -2.34. The van der Waals surface area contributed by atoms with Gasteiger partial charge in [0, 0.05) is 11.5 Å². The quantitative estimate of drug-likeness (QED) is 0.283. The van der Waals surface area contributed by atoms with Gasteiger partial charge in [-0.2, -0.15) is 12.6 Å². The first-order valence-electron chi connectivity index (χ1n) is 5.19. The Morgan fingerprint density at radius 1 is 1.47 bits per heavy atom. The number of hydrogen-bond acceptors (Lipinski definition) is 6. The fourth-order valence-electron chi connectivity index (χ4n) is 0.852. The highest BCUT2D eigenvalue weighted by atomic mass is 32.2. The van der Waals surface area contributed by atoms with Crippen LogP contribution in [0.1, 0.15) is 27.2 Å². The van der Waals surface area contributed by atoms with Crippen molar-refractivity contribution in [2.45, 2.75) is 38.8 Å². The molecule has 0 aliphatic heterocycles. The van der Waals surface area contributed by atoms with Gasteiger partial charge in [0.15, 0.2) is 0 Å². The monoisotopic (exact) mass is 281 g/mol. The largest absolute Gasteiger partial charge is 0.480 e. The molecule has 0 aliphatic carbocycles. The van der Waals surface area contributed by atoms with E-state index < -0.39 is 17.6 Å². The maximum atomic E-state index is 11.3. The van der Waals surface area contributed by atoms with Crippen LogP contribution >= 0.6 is 24.6 Å². The van der Waals surface area contributed by atoms with E-state index in [2.05, 4.69) is 17.4 Å². The normalized spacial score (nSPS) is 13.2. The molecule has 0 unspecified atom stereocenters. The molecule has 17 heavy (non-hydrogen) atoms. The first-order chi connectivity index (χ1) is 7.76. The Morgan fingerprint density at radius 2 is 2.06 bits per heavy atom. The van der Waals surface area contributed by atoms with Crippen LogP contribution in [0, 0.1) is 0 Å². The molecule has 0 saturated heterocycles. The number of nitrogens with one attached hydrogen (secondary N) is 1. The maximum Gasteiger partial charge on any atom is 0.322 e. The summed E-state index contributed by atoms with van der Waals surface area (Å²) in [6.45, 7) is 5.41. The van der Waals surface area contributed by atoms with Gasteiger partial charge in [0.2, 0.25) is 0 Å². The van der Waals surface area contributed by atoms with Crippen molar-refractivity contribution in [1.29, 1.82) is 0 Å². The summed E-state index contributed by atoms with van der Waals surface area (Å²) in [6, 6.07) is -0.707. The molecule has 0 bridgehead atoms. The summed E-state index contributed by atoms with van der Waals surface area (Å²) in [7, 11) is 0. The van der Waals surface area contributed by atoms with E-state index in [4.69, 9.17) is 9.84 Å². The summed E-state index contributed by atoms with van der Waals surface area (Å²) in [4.78, 5) is 21.9. The number of esters is 1. The zero-order chi connectivity index (χ0) is 13.5. The van der Waals surface area contributed by atoms with Crippen LogP contribution in [0.2, 0.25) is 0 Å². The minimum atomic E-state index is -0.954. The molecule has 0 aliphatic rings. The standard InChI is InChI=1S/C10H19NO4S2/c1-10(2,3)15-8(12)4-5-17-11-7(6-16)9(13)14/h7,11,16H,4-6H2,1-3H3,(H,13,14)/t7-/m0/s1. The van der Waals surface area contributed by atoms with Gasteiger partial charge in [-0.1, -0.05) is 11.9 Å². The van der Waals surface area contributed by atoms with E-state index >= 15 is 0 Å². The van der Waals surface area contributed by atoms with E-state index in [0.29, 0.717) is 5.75 Å². The molecule has 0 aromatic heterocycles. The van der Waals surface area contributed by atoms with Crippen LogP contribution in [0.15, 0.2) is 0 Å². The topological polar surface area (TPSA) is 75.6 Å². The van der Waals surface area contributed by atoms with E-state index in [1.165, 1.54) is 11.9 Å². The minimum absolute atomic E-state index is 0.203. The van der Waals surface area contributed by atoms with Gasteiger partial charge in [-0.15, -0.1) is 0 Å². The molecule has 0 aromatic carbocycles. The highest BCUT2D eigenvalue weighted by Crippen LogP contribution is 2.09. The maximum absolute atomic E-state index is 11.3. The molecule has 0 spiro atoms. The minimum Gasteiger partial charge on any atom is -0.480 e.